The third-order valence-corrected chi connectivity index (χ3v) is 3.49. The topological polar surface area (TPSA) is 62.7 Å². The van der Waals surface area contributed by atoms with Crippen molar-refractivity contribution in [1.82, 2.24) is 14.8 Å². The van der Waals surface area contributed by atoms with Crippen LogP contribution in [0, 0.1) is 13.8 Å². The van der Waals surface area contributed by atoms with Gasteiger partial charge in [-0.2, -0.15) is 0 Å². The average molecular weight is 328 g/mol. The molecular formula is C15H22ClN3O3. The highest BCUT2D eigenvalue weighted by molar-refractivity contribution is 5.85. The number of amides is 2. The summed E-state index contributed by atoms with van der Waals surface area (Å²) in [6.45, 7) is 7.80. The van der Waals surface area contributed by atoms with Crippen LogP contribution in [0.15, 0.2) is 12.1 Å². The van der Waals surface area contributed by atoms with Gasteiger partial charge in [-0.25, -0.2) is 4.79 Å². The van der Waals surface area contributed by atoms with E-state index in [2.05, 4.69) is 4.98 Å². The molecule has 122 valence electrons. The van der Waals surface area contributed by atoms with Crippen LogP contribution in [0.2, 0.25) is 0 Å². The van der Waals surface area contributed by atoms with Crippen molar-refractivity contribution in [3.8, 4) is 0 Å². The van der Waals surface area contributed by atoms with Crippen LogP contribution in [0.4, 0.5) is 4.79 Å². The Balaban J connectivity index is 0.00000242. The lowest BCUT2D eigenvalue weighted by Gasteiger charge is -2.33. The molecule has 1 fully saturated rings. The fourth-order valence-electron chi connectivity index (χ4n) is 2.44. The number of nitrogens with zero attached hydrogens (tertiary/aromatic N) is 3. The summed E-state index contributed by atoms with van der Waals surface area (Å²) in [4.78, 5) is 30.9. The number of aryl methyl sites for hydroxylation is 2. The standard InChI is InChI=1S/C15H21N3O3.ClH/c1-11-8-14(9-12(2)16-11)10-21-15(20)18-6-4-17(5-7-18)13(3)19;/h8-9H,4-7,10H2,1-3H3;1H. The van der Waals surface area contributed by atoms with E-state index in [1.807, 2.05) is 26.0 Å². The summed E-state index contributed by atoms with van der Waals surface area (Å²) in [6, 6.07) is 3.82. The molecule has 1 saturated heterocycles. The molecule has 0 spiro atoms. The van der Waals surface area contributed by atoms with Crippen molar-refractivity contribution in [2.45, 2.75) is 27.4 Å². The van der Waals surface area contributed by atoms with Gasteiger partial charge < -0.3 is 14.5 Å². The molecular weight excluding hydrogens is 306 g/mol. The van der Waals surface area contributed by atoms with Crippen LogP contribution in [0.3, 0.4) is 0 Å². The summed E-state index contributed by atoms with van der Waals surface area (Å²) in [5, 5.41) is 0. The van der Waals surface area contributed by atoms with Crippen LogP contribution in [0.1, 0.15) is 23.9 Å². The van der Waals surface area contributed by atoms with Crippen molar-refractivity contribution >= 4 is 24.4 Å². The minimum atomic E-state index is -0.328. The smallest absolute Gasteiger partial charge is 0.410 e. The third-order valence-electron chi connectivity index (χ3n) is 3.49. The first kappa shape index (κ1) is 18.2. The average Bonchev–Trinajstić information content (AvgIpc) is 2.44. The zero-order valence-electron chi connectivity index (χ0n) is 13.2. The zero-order valence-corrected chi connectivity index (χ0v) is 14.0. The summed E-state index contributed by atoms with van der Waals surface area (Å²) in [5.41, 5.74) is 2.77. The Kier molecular flexibility index (Phi) is 6.61. The van der Waals surface area contributed by atoms with Crippen molar-refractivity contribution < 1.29 is 14.3 Å². The molecule has 2 amide bonds. The van der Waals surface area contributed by atoms with Crippen LogP contribution >= 0.6 is 12.4 Å². The second-order valence-corrected chi connectivity index (χ2v) is 5.31. The van der Waals surface area contributed by atoms with E-state index >= 15 is 0 Å². The number of carbonyl (C=O) groups excluding carboxylic acids is 2. The minimum Gasteiger partial charge on any atom is -0.445 e. The predicted octanol–water partition coefficient (Wildman–Crippen LogP) is 1.92. The van der Waals surface area contributed by atoms with Gasteiger partial charge in [-0.1, -0.05) is 0 Å². The molecule has 0 atom stereocenters. The number of piperazine rings is 1. The molecule has 0 aromatic carbocycles. The van der Waals surface area contributed by atoms with E-state index in [4.69, 9.17) is 4.74 Å². The Morgan fingerprint density at radius 1 is 1.09 bits per heavy atom. The van der Waals surface area contributed by atoms with Crippen molar-refractivity contribution in [3.05, 3.63) is 29.1 Å². The van der Waals surface area contributed by atoms with E-state index in [-0.39, 0.29) is 31.0 Å². The Hall–Kier alpha value is -1.82. The molecule has 1 aliphatic rings. The normalized spacial score (nSPS) is 14.3. The molecule has 1 aromatic heterocycles. The van der Waals surface area contributed by atoms with Crippen LogP contribution in [0.5, 0.6) is 0 Å². The largest absolute Gasteiger partial charge is 0.445 e. The van der Waals surface area contributed by atoms with Crippen molar-refractivity contribution in [2.75, 3.05) is 26.2 Å². The molecule has 0 N–H and O–H groups in total. The van der Waals surface area contributed by atoms with Crippen LogP contribution in [-0.2, 0) is 16.1 Å². The van der Waals surface area contributed by atoms with Gasteiger partial charge in [0.05, 0.1) is 0 Å². The van der Waals surface area contributed by atoms with Gasteiger partial charge >= 0.3 is 6.09 Å². The van der Waals surface area contributed by atoms with Gasteiger partial charge in [0, 0.05) is 44.5 Å². The summed E-state index contributed by atoms with van der Waals surface area (Å²) >= 11 is 0. The van der Waals surface area contributed by atoms with E-state index in [0.717, 1.165) is 17.0 Å². The number of pyridine rings is 1. The number of rotatable bonds is 2. The van der Waals surface area contributed by atoms with Gasteiger partial charge in [0.15, 0.2) is 0 Å². The van der Waals surface area contributed by atoms with Crippen molar-refractivity contribution in [3.63, 3.8) is 0 Å². The number of aromatic nitrogens is 1. The number of ether oxygens (including phenoxy) is 1. The van der Waals surface area contributed by atoms with Gasteiger partial charge in [0.2, 0.25) is 5.91 Å². The fraction of sp³-hybridized carbons (Fsp3) is 0.533. The molecule has 0 bridgehead atoms. The van der Waals surface area contributed by atoms with Crippen molar-refractivity contribution in [2.24, 2.45) is 0 Å². The zero-order chi connectivity index (χ0) is 15.4. The predicted molar refractivity (Wildman–Crippen MR) is 85.0 cm³/mol. The molecule has 0 unspecified atom stereocenters. The molecule has 0 aliphatic carbocycles. The van der Waals surface area contributed by atoms with Crippen LogP contribution in [-0.4, -0.2) is 53.0 Å². The molecule has 0 radical (unpaired) electrons. The van der Waals surface area contributed by atoms with Gasteiger partial charge in [-0.05, 0) is 31.5 Å². The second kappa shape index (κ2) is 7.98. The molecule has 0 saturated carbocycles. The van der Waals surface area contributed by atoms with E-state index in [0.29, 0.717) is 26.2 Å². The van der Waals surface area contributed by atoms with Gasteiger partial charge in [-0.15, -0.1) is 12.4 Å². The molecule has 22 heavy (non-hydrogen) atoms. The first-order chi connectivity index (χ1) is 9.95. The monoisotopic (exact) mass is 327 g/mol. The van der Waals surface area contributed by atoms with Crippen LogP contribution in [0.25, 0.3) is 0 Å². The van der Waals surface area contributed by atoms with E-state index < -0.39 is 0 Å². The SMILES string of the molecule is CC(=O)N1CCN(C(=O)OCc2cc(C)nc(C)c2)CC1.Cl. The molecule has 1 aliphatic heterocycles. The highest BCUT2D eigenvalue weighted by atomic mass is 35.5. The number of hydrogen-bond acceptors (Lipinski definition) is 4. The van der Waals surface area contributed by atoms with Crippen LogP contribution < -0.4 is 0 Å². The molecule has 1 aromatic rings. The maximum atomic E-state index is 12.0. The summed E-state index contributed by atoms with van der Waals surface area (Å²) in [7, 11) is 0. The lowest BCUT2D eigenvalue weighted by atomic mass is 10.2. The number of halogens is 1. The van der Waals surface area contributed by atoms with Gasteiger partial charge in [0.1, 0.15) is 6.61 Å². The Morgan fingerprint density at radius 3 is 2.09 bits per heavy atom. The highest BCUT2D eigenvalue weighted by Gasteiger charge is 2.23. The lowest BCUT2D eigenvalue weighted by Crippen LogP contribution is -2.50. The first-order valence-corrected chi connectivity index (χ1v) is 7.07. The highest BCUT2D eigenvalue weighted by Crippen LogP contribution is 2.09. The fourth-order valence-corrected chi connectivity index (χ4v) is 2.44. The molecule has 7 heteroatoms. The lowest BCUT2D eigenvalue weighted by molar-refractivity contribution is -0.130. The maximum Gasteiger partial charge on any atom is 0.410 e. The van der Waals surface area contributed by atoms with Gasteiger partial charge in [0.25, 0.3) is 0 Å². The Labute approximate surface area is 136 Å². The van der Waals surface area contributed by atoms with Crippen molar-refractivity contribution in [1.29, 1.82) is 0 Å². The minimum absolute atomic E-state index is 0. The summed E-state index contributed by atoms with van der Waals surface area (Å²) < 4.78 is 5.33. The molecule has 6 nitrogen and oxygen atoms in total. The maximum absolute atomic E-state index is 12.0. The first-order valence-electron chi connectivity index (χ1n) is 7.07. The third kappa shape index (κ3) is 4.87. The van der Waals surface area contributed by atoms with E-state index in [1.54, 1.807) is 16.7 Å². The number of carbonyl (C=O) groups is 2. The van der Waals surface area contributed by atoms with Gasteiger partial charge in [-0.3, -0.25) is 9.78 Å². The quantitative estimate of drug-likeness (QED) is 0.832. The Morgan fingerprint density at radius 2 is 1.59 bits per heavy atom. The number of hydrogen-bond donors (Lipinski definition) is 0. The molecule has 2 heterocycles. The second-order valence-electron chi connectivity index (χ2n) is 5.31. The van der Waals surface area contributed by atoms with E-state index in [1.165, 1.54) is 0 Å². The summed E-state index contributed by atoms with van der Waals surface area (Å²) in [5.74, 6) is 0.0470. The Bertz CT molecular complexity index is 523. The summed E-state index contributed by atoms with van der Waals surface area (Å²) in [6.07, 6.45) is -0.328. The molecule has 2 rings (SSSR count). The van der Waals surface area contributed by atoms with E-state index in [9.17, 15) is 9.59 Å².